The van der Waals surface area contributed by atoms with Crippen LogP contribution in [-0.4, -0.2) is 239 Å². The molecule has 13 atom stereocenters. The van der Waals surface area contributed by atoms with Gasteiger partial charge >= 0.3 is 12.1 Å². The SMILES string of the molecule is COCCCCCCCOc1ccc(-c2nnc(-c3ccc(C(=O)N[C@H]4C[C@H](O)CNC(=O)[C@@H]5[C@@H](O)[C@H](C)CN5C(=O)[C@H]([C@H](O)CCN)NC(=O)[C@H]([C@H](O)Cc5ccc(O)c(O)c5)NC(=O)[C@@H]5C[C@H](O)CN5C(=O)[C@H]([C@H](C)O)NC4=O)cc3)s2)cc1.O=C(O)C(F)(F)F. The van der Waals surface area contributed by atoms with Gasteiger partial charge in [0.1, 0.15) is 52.0 Å². The number of aliphatic carboxylic acids is 1. The van der Waals surface area contributed by atoms with Gasteiger partial charge in [-0.25, -0.2) is 4.79 Å². The molecule has 3 aliphatic rings. The molecule has 3 fully saturated rings. The molecule has 0 bridgehead atoms. The number of ether oxygens (including phenoxy) is 2. The third-order valence-corrected chi connectivity index (χ3v) is 16.6. The second kappa shape index (κ2) is 34.1. The van der Waals surface area contributed by atoms with E-state index in [1.54, 1.807) is 19.2 Å². The number of alkyl halides is 3. The number of aromatic nitrogens is 2. The molecular formula is C60H79F3N10O19S. The number of aliphatic hydroxyl groups excluding tert-OH is 6. The van der Waals surface area contributed by atoms with Crippen LogP contribution < -0.4 is 37.1 Å². The minimum atomic E-state index is -5.08. The van der Waals surface area contributed by atoms with Crippen LogP contribution in [0.15, 0.2) is 66.7 Å². The highest BCUT2D eigenvalue weighted by Gasteiger charge is 2.50. The molecule has 4 aromatic rings. The number of benzene rings is 3. The van der Waals surface area contributed by atoms with E-state index in [2.05, 4.69) is 36.8 Å². The van der Waals surface area contributed by atoms with Crippen molar-refractivity contribution in [1.29, 1.82) is 0 Å². The number of hydrogen-bond acceptors (Lipinski definition) is 22. The molecule has 1 aromatic heterocycles. The number of phenols is 2. The fraction of sp³-hybridized carbons (Fsp3) is 0.533. The van der Waals surface area contributed by atoms with Crippen molar-refractivity contribution in [2.24, 2.45) is 11.7 Å². The summed E-state index contributed by atoms with van der Waals surface area (Å²) in [5.41, 5.74) is 7.34. The first-order valence-electron chi connectivity index (χ1n) is 29.9. The largest absolute Gasteiger partial charge is 0.504 e. The van der Waals surface area contributed by atoms with Crippen molar-refractivity contribution in [3.63, 3.8) is 0 Å². The number of carboxylic acid groups (broad SMARTS) is 1. The maximum atomic E-state index is 14.6. The van der Waals surface area contributed by atoms with Gasteiger partial charge in [-0.15, -0.1) is 10.2 Å². The van der Waals surface area contributed by atoms with Crippen LogP contribution in [0.3, 0.4) is 0 Å². The van der Waals surface area contributed by atoms with Crippen molar-refractivity contribution in [2.45, 2.75) is 151 Å². The molecule has 3 aromatic carbocycles. The van der Waals surface area contributed by atoms with Crippen LogP contribution in [0.2, 0.25) is 0 Å². The Kier molecular flexibility index (Phi) is 27.1. The maximum Gasteiger partial charge on any atom is 0.490 e. The van der Waals surface area contributed by atoms with E-state index in [-0.39, 0.29) is 30.6 Å². The molecule has 510 valence electrons. The number of hydrogen-bond donors (Lipinski definition) is 15. The molecular weight excluding hydrogens is 1250 g/mol. The van der Waals surface area contributed by atoms with E-state index in [0.717, 1.165) is 78.9 Å². The van der Waals surface area contributed by atoms with E-state index in [4.69, 9.17) is 25.1 Å². The highest BCUT2D eigenvalue weighted by molar-refractivity contribution is 7.17. The normalized spacial score (nSPS) is 24.5. The first kappa shape index (κ1) is 73.9. The average molecular weight is 1330 g/mol. The van der Waals surface area contributed by atoms with Crippen LogP contribution in [0.5, 0.6) is 17.2 Å². The Balaban J connectivity index is 0.00000185. The van der Waals surface area contributed by atoms with Gasteiger partial charge in [-0.1, -0.05) is 55.7 Å². The monoisotopic (exact) mass is 1330 g/mol. The van der Waals surface area contributed by atoms with Gasteiger partial charge in [-0.2, -0.15) is 13.2 Å². The molecule has 4 heterocycles. The predicted molar refractivity (Wildman–Crippen MR) is 323 cm³/mol. The summed E-state index contributed by atoms with van der Waals surface area (Å²) in [7, 11) is 1.70. The molecule has 0 unspecified atom stereocenters. The molecule has 0 aliphatic carbocycles. The minimum Gasteiger partial charge on any atom is -0.504 e. The van der Waals surface area contributed by atoms with Gasteiger partial charge in [0.2, 0.25) is 35.4 Å². The second-order valence-corrected chi connectivity index (χ2v) is 23.8. The van der Waals surface area contributed by atoms with E-state index in [9.17, 15) is 87.6 Å². The number of aromatic hydroxyl groups is 2. The summed E-state index contributed by atoms with van der Waals surface area (Å²) < 4.78 is 42.8. The van der Waals surface area contributed by atoms with Gasteiger partial charge < -0.3 is 97.5 Å². The average Bonchev–Trinajstić information content (AvgIpc) is 1.70. The van der Waals surface area contributed by atoms with Gasteiger partial charge in [0.25, 0.3) is 5.91 Å². The molecule has 16 N–H and O–H groups in total. The maximum absolute atomic E-state index is 14.6. The lowest BCUT2D eigenvalue weighted by atomic mass is 9.98. The molecule has 93 heavy (non-hydrogen) atoms. The highest BCUT2D eigenvalue weighted by Crippen LogP contribution is 2.32. The number of rotatable bonds is 20. The van der Waals surface area contributed by atoms with Crippen molar-refractivity contribution in [2.75, 3.05) is 46.5 Å². The van der Waals surface area contributed by atoms with E-state index in [0.29, 0.717) is 22.2 Å². The number of phenolic OH excluding ortho intramolecular Hbond substituents is 2. The Labute approximate surface area is 535 Å². The Morgan fingerprint density at radius 2 is 1.31 bits per heavy atom. The number of halogens is 3. The number of carbonyl (C=O) groups is 8. The van der Waals surface area contributed by atoms with E-state index in [1.165, 1.54) is 36.5 Å². The van der Waals surface area contributed by atoms with Crippen molar-refractivity contribution >= 4 is 58.7 Å². The molecule has 29 nitrogen and oxygen atoms in total. The van der Waals surface area contributed by atoms with E-state index in [1.807, 2.05) is 24.3 Å². The summed E-state index contributed by atoms with van der Waals surface area (Å²) in [6.07, 6.45) is -11.8. The smallest absolute Gasteiger partial charge is 0.490 e. The number of nitrogens with one attached hydrogen (secondary N) is 5. The number of nitrogens with two attached hydrogens (primary N) is 1. The molecule has 7 amide bonds. The van der Waals surface area contributed by atoms with Crippen LogP contribution in [0.25, 0.3) is 21.1 Å². The minimum absolute atomic E-state index is 0.0303. The van der Waals surface area contributed by atoms with Crippen LogP contribution in [0, 0.1) is 5.92 Å². The number of aliphatic hydroxyl groups is 6. The molecule has 0 saturated carbocycles. The van der Waals surface area contributed by atoms with Crippen molar-refractivity contribution in [3.8, 4) is 38.4 Å². The molecule has 0 radical (unpaired) electrons. The number of amides is 7. The van der Waals surface area contributed by atoms with E-state index < -0.39 is 176 Å². The van der Waals surface area contributed by atoms with Crippen LogP contribution in [-0.2, 0) is 44.7 Å². The van der Waals surface area contributed by atoms with Gasteiger partial charge in [0, 0.05) is 75.2 Å². The second-order valence-electron chi connectivity index (χ2n) is 22.8. The van der Waals surface area contributed by atoms with Crippen LogP contribution >= 0.6 is 11.3 Å². The fourth-order valence-corrected chi connectivity index (χ4v) is 11.4. The summed E-state index contributed by atoms with van der Waals surface area (Å²) in [5.74, 6) is -11.6. The number of carboxylic acids is 1. The first-order chi connectivity index (χ1) is 44.0. The van der Waals surface area contributed by atoms with Crippen LogP contribution in [0.4, 0.5) is 13.2 Å². The van der Waals surface area contributed by atoms with Crippen LogP contribution in [0.1, 0.15) is 81.1 Å². The third-order valence-electron chi connectivity index (χ3n) is 15.6. The standard InChI is InChI=1S/C58H78N10O17S.C2HF3O2/c1-30-28-68-48(49(30)76)54(81)60-27-36(70)25-39(61-50(77)33-10-12-34(13-11-33)55-65-66-56(86-55)35-14-16-38(17-15-35)85-22-8-6-4-5-7-21-84-3)51(78)62-45(31(2)69)57(82)67-29-37(71)26-40(67)52(79)63-46(44(75)24-32-9-18-41(72)43(74)23-32)53(80)64-47(58(68)83)42(73)19-20-59;3-2(4,5)1(6)7/h9-18,23,30-31,36-37,39-40,42,44-49,69-76H,4-8,19-22,24-29,59H2,1-3H3,(H,60,81)(H,61,77)(H,62,78)(H,63,79)(H,64,80);(H,6,7)/t30-,31+,36+,37+,39+,40+,42-,44-,45+,46+,47+,48+,49+;/m1./s1. The van der Waals surface area contributed by atoms with Gasteiger partial charge in [0.15, 0.2) is 11.5 Å². The molecule has 7 rings (SSSR count). The Hall–Kier alpha value is -8.15. The third kappa shape index (κ3) is 20.4. The zero-order valence-corrected chi connectivity index (χ0v) is 51.8. The zero-order chi connectivity index (χ0) is 68.4. The van der Waals surface area contributed by atoms with Crippen molar-refractivity contribution in [3.05, 3.63) is 77.9 Å². The topological polar surface area (TPSA) is 456 Å². The van der Waals surface area contributed by atoms with Gasteiger partial charge in [-0.3, -0.25) is 33.6 Å². The number of fused-ring (bicyclic) bond motifs is 2. The lowest BCUT2D eigenvalue weighted by molar-refractivity contribution is -0.192. The number of methoxy groups -OCH3 is 1. The lowest BCUT2D eigenvalue weighted by Crippen LogP contribution is -2.64. The van der Waals surface area contributed by atoms with Gasteiger partial charge in [-0.05, 0) is 86.8 Å². The number of unbranched alkanes of at least 4 members (excludes halogenated alkanes) is 4. The Morgan fingerprint density at radius 1 is 0.731 bits per heavy atom. The number of carbonyl (C=O) groups excluding carboxylic acids is 7. The van der Waals surface area contributed by atoms with Gasteiger partial charge in [0.05, 0.1) is 43.2 Å². The Morgan fingerprint density at radius 3 is 1.90 bits per heavy atom. The first-order valence-corrected chi connectivity index (χ1v) is 30.7. The predicted octanol–water partition coefficient (Wildman–Crippen LogP) is -0.810. The summed E-state index contributed by atoms with van der Waals surface area (Å²) in [6, 6.07) is 6.09. The molecule has 3 aliphatic heterocycles. The number of β-amino-alcohol motifs (C(OH)–C–C–N with tert-alkyl or cyclic N) is 1. The summed E-state index contributed by atoms with van der Waals surface area (Å²) >= 11 is 1.30. The fourth-order valence-electron chi connectivity index (χ4n) is 10.5. The quantitative estimate of drug-likeness (QED) is 0.0380. The highest BCUT2D eigenvalue weighted by atomic mass is 32.1. The van der Waals surface area contributed by atoms with Crippen molar-refractivity contribution in [1.82, 2.24) is 46.6 Å². The molecule has 33 heteroatoms. The summed E-state index contributed by atoms with van der Waals surface area (Å²) in [6.45, 7) is 2.30. The molecule has 0 spiro atoms. The number of nitrogens with zero attached hydrogens (tertiary/aromatic N) is 4. The summed E-state index contributed by atoms with van der Waals surface area (Å²) in [5, 5.41) is 117. The van der Waals surface area contributed by atoms with Crippen molar-refractivity contribution < 1.29 is 107 Å². The Bertz CT molecular complexity index is 3200. The van der Waals surface area contributed by atoms with E-state index >= 15 is 0 Å². The molecule has 3 saturated heterocycles. The lowest BCUT2D eigenvalue weighted by Gasteiger charge is -2.34. The zero-order valence-electron chi connectivity index (χ0n) is 51.0. The summed E-state index contributed by atoms with van der Waals surface area (Å²) in [4.78, 5) is 111.